The minimum atomic E-state index is 0.910. The lowest BCUT2D eigenvalue weighted by Gasteiger charge is -1.91. The van der Waals surface area contributed by atoms with Crippen LogP contribution in [0.4, 0.5) is 0 Å². The van der Waals surface area contributed by atoms with E-state index in [1.807, 2.05) is 0 Å². The van der Waals surface area contributed by atoms with Gasteiger partial charge in [-0.25, -0.2) is 0 Å². The lowest BCUT2D eigenvalue weighted by atomic mass is 10.7. The van der Waals surface area contributed by atoms with E-state index in [0.29, 0.717) is 0 Å². The van der Waals surface area contributed by atoms with E-state index in [4.69, 9.17) is 0 Å². The minimum absolute atomic E-state index is 0.910. The third-order valence-corrected chi connectivity index (χ3v) is 5.22. The van der Waals surface area contributed by atoms with Gasteiger partial charge in [-0.2, -0.15) is 0 Å². The summed E-state index contributed by atoms with van der Waals surface area (Å²) < 4.78 is 2.89. The zero-order valence-electron chi connectivity index (χ0n) is 3.98. The largest absolute Gasteiger partial charge is 0.141 e. The molecule has 0 atom stereocenters. The van der Waals surface area contributed by atoms with Gasteiger partial charge in [0.1, 0.15) is 7.40 Å². The zero-order chi connectivity index (χ0) is 6.85. The van der Waals surface area contributed by atoms with Crippen LogP contribution in [-0.4, -0.2) is 15.4 Å². The molecule has 1 heterocycles. The smallest absolute Gasteiger partial charge is 0.123 e. The van der Waals surface area contributed by atoms with E-state index in [9.17, 15) is 0 Å². The van der Waals surface area contributed by atoms with Gasteiger partial charge in [0, 0.05) is 0 Å². The number of aromatic nitrogens is 3. The van der Waals surface area contributed by atoms with Crippen molar-refractivity contribution >= 4 is 67.8 Å². The van der Waals surface area contributed by atoms with Crippen molar-refractivity contribution in [1.82, 2.24) is 15.4 Å². The highest BCUT2D eigenvalue weighted by molar-refractivity contribution is 14.1. The average Bonchev–Trinajstić information content (AvgIpc) is 1.83. The molecular weight excluding hydrogens is 459 g/mol. The summed E-state index contributed by atoms with van der Waals surface area (Å²) in [4.78, 5) is 0. The summed E-state index contributed by atoms with van der Waals surface area (Å²) in [5.74, 6) is 0. The highest BCUT2D eigenvalue weighted by Gasteiger charge is 2.01. The fourth-order valence-corrected chi connectivity index (χ4v) is 1.71. The van der Waals surface area contributed by atoms with Crippen molar-refractivity contribution in [3.8, 4) is 0 Å². The van der Waals surface area contributed by atoms with Gasteiger partial charge in [0.2, 0.25) is 0 Å². The van der Waals surface area contributed by atoms with Gasteiger partial charge < -0.3 is 0 Å². The summed E-state index contributed by atoms with van der Waals surface area (Å²) in [7, 11) is 0. The van der Waals surface area contributed by atoms with Crippen LogP contribution in [0.15, 0.2) is 0 Å². The number of rotatable bonds is 0. The maximum atomic E-state index is 3.75. The van der Waals surface area contributed by atoms with Crippen LogP contribution in [-0.2, 0) is 0 Å². The predicted molar refractivity (Wildman–Crippen MR) is 58.0 cm³/mol. The molecule has 0 saturated carbocycles. The molecule has 0 amide bonds. The van der Waals surface area contributed by atoms with E-state index >= 15 is 0 Å². The van der Waals surface area contributed by atoms with Crippen LogP contribution in [0.2, 0.25) is 0 Å². The molecule has 0 aliphatic carbocycles. The molecule has 0 radical (unpaired) electrons. The fraction of sp³-hybridized carbons (Fsp3) is 0. The van der Waals surface area contributed by atoms with Crippen molar-refractivity contribution in [1.29, 1.82) is 0 Å². The Morgan fingerprint density at radius 2 is 1.33 bits per heavy atom. The van der Waals surface area contributed by atoms with Crippen molar-refractivity contribution in [3.63, 3.8) is 0 Å². The Labute approximate surface area is 92.8 Å². The number of nitrogens with zero attached hydrogens (tertiary/aromatic N) is 3. The highest BCUT2D eigenvalue weighted by atomic mass is 127. The van der Waals surface area contributed by atoms with Gasteiger partial charge >= 0.3 is 0 Å². The molecule has 0 N–H and O–H groups in total. The first-order valence-electron chi connectivity index (χ1n) is 1.91. The fourth-order valence-electron chi connectivity index (χ4n) is 0.274. The first-order valence-corrected chi connectivity index (χ1v) is 5.15. The Kier molecular flexibility index (Phi) is 3.27. The molecule has 0 unspecified atom stereocenters. The van der Waals surface area contributed by atoms with E-state index in [1.54, 1.807) is 0 Å². The van der Waals surface area contributed by atoms with Gasteiger partial charge in [0.15, 0.2) is 0 Å². The average molecular weight is 459 g/mol. The molecule has 1 aromatic heterocycles. The topological polar surface area (TPSA) is 38.7 Å². The maximum Gasteiger partial charge on any atom is 0.141 e. The molecule has 0 saturated heterocycles. The Morgan fingerprint density at radius 3 is 1.67 bits per heavy atom. The first kappa shape index (κ1) is 8.30. The number of halogens is 3. The van der Waals surface area contributed by atoms with Crippen molar-refractivity contribution in [2.75, 3.05) is 0 Å². The molecule has 3 nitrogen and oxygen atoms in total. The molecule has 0 spiro atoms. The molecule has 0 bridgehead atoms. The Morgan fingerprint density at radius 1 is 0.889 bits per heavy atom. The quantitative estimate of drug-likeness (QED) is 0.556. The Hall–Kier alpha value is 1.20. The Bertz CT molecular complexity index is 205. The molecule has 6 heteroatoms. The van der Waals surface area contributed by atoms with Crippen LogP contribution in [0.25, 0.3) is 0 Å². The van der Waals surface area contributed by atoms with Crippen LogP contribution in [0, 0.1) is 11.0 Å². The van der Waals surface area contributed by atoms with Crippen LogP contribution < -0.4 is 0 Å². The van der Waals surface area contributed by atoms with Gasteiger partial charge in [-0.3, -0.25) is 0 Å². The summed E-state index contributed by atoms with van der Waals surface area (Å²) in [5, 5.41) is 11.0. The summed E-state index contributed by atoms with van der Waals surface area (Å²) in [5.41, 5.74) is 0. The van der Waals surface area contributed by atoms with Gasteiger partial charge in [0.05, 0.1) is 3.57 Å². The summed E-state index contributed by atoms with van der Waals surface area (Å²) in [6, 6.07) is 0. The second-order valence-electron chi connectivity index (χ2n) is 1.19. The SMILES string of the molecule is Ic1nnnc(I)c1I. The third kappa shape index (κ3) is 2.06. The molecule has 0 aliphatic heterocycles. The van der Waals surface area contributed by atoms with E-state index in [0.717, 1.165) is 11.0 Å². The lowest BCUT2D eigenvalue weighted by Crippen LogP contribution is -1.97. The van der Waals surface area contributed by atoms with Gasteiger partial charge in [0.25, 0.3) is 0 Å². The monoisotopic (exact) mass is 459 g/mol. The molecule has 9 heavy (non-hydrogen) atoms. The van der Waals surface area contributed by atoms with Crippen molar-refractivity contribution in [2.45, 2.75) is 0 Å². The minimum Gasteiger partial charge on any atom is -0.123 e. The predicted octanol–water partition coefficient (Wildman–Crippen LogP) is 1.69. The molecule has 48 valence electrons. The normalized spacial score (nSPS) is 9.67. The second kappa shape index (κ2) is 3.55. The molecule has 1 aromatic rings. The highest BCUT2D eigenvalue weighted by Crippen LogP contribution is 2.14. The van der Waals surface area contributed by atoms with E-state index in [-0.39, 0.29) is 0 Å². The van der Waals surface area contributed by atoms with Crippen LogP contribution in [0.5, 0.6) is 0 Å². The van der Waals surface area contributed by atoms with E-state index in [1.165, 1.54) is 0 Å². The van der Waals surface area contributed by atoms with Crippen LogP contribution in [0.1, 0.15) is 0 Å². The van der Waals surface area contributed by atoms with Crippen molar-refractivity contribution < 1.29 is 0 Å². The van der Waals surface area contributed by atoms with Crippen LogP contribution >= 0.6 is 67.8 Å². The first-order chi connectivity index (χ1) is 4.22. The molecular formula is C3I3N3. The standard InChI is InChI=1S/C3I3N3/c4-1-2(5)7-9-8-3(1)6. The van der Waals surface area contributed by atoms with Gasteiger partial charge in [-0.05, 0) is 73.0 Å². The zero-order valence-corrected chi connectivity index (χ0v) is 10.4. The summed E-state index contributed by atoms with van der Waals surface area (Å²) >= 11 is 6.44. The summed E-state index contributed by atoms with van der Waals surface area (Å²) in [6.45, 7) is 0. The number of hydrogen-bond acceptors (Lipinski definition) is 3. The van der Waals surface area contributed by atoms with Gasteiger partial charge in [-0.15, -0.1) is 10.2 Å². The van der Waals surface area contributed by atoms with Gasteiger partial charge in [-0.1, -0.05) is 0 Å². The molecule has 1 rings (SSSR count). The lowest BCUT2D eigenvalue weighted by molar-refractivity contribution is 0.822. The van der Waals surface area contributed by atoms with Crippen molar-refractivity contribution in [3.05, 3.63) is 11.0 Å². The summed E-state index contributed by atoms with van der Waals surface area (Å²) in [6.07, 6.45) is 0. The molecule has 0 aromatic carbocycles. The molecule has 0 aliphatic rings. The Balaban J connectivity index is 3.25. The number of hydrogen-bond donors (Lipinski definition) is 0. The van der Waals surface area contributed by atoms with Crippen LogP contribution in [0.3, 0.4) is 0 Å². The maximum absolute atomic E-state index is 3.75. The van der Waals surface area contributed by atoms with E-state index < -0.39 is 0 Å². The van der Waals surface area contributed by atoms with E-state index in [2.05, 4.69) is 83.2 Å². The van der Waals surface area contributed by atoms with Crippen molar-refractivity contribution in [2.24, 2.45) is 0 Å². The second-order valence-corrected chi connectivity index (χ2v) is 4.31. The third-order valence-electron chi connectivity index (χ3n) is 0.627. The molecule has 0 fully saturated rings.